The fourth-order valence-electron chi connectivity index (χ4n) is 5.03. The summed E-state index contributed by atoms with van der Waals surface area (Å²) in [4.78, 5) is 27.5. The van der Waals surface area contributed by atoms with Crippen molar-refractivity contribution < 1.29 is 27.4 Å². The monoisotopic (exact) mass is 596 g/mol. The van der Waals surface area contributed by atoms with Crippen LogP contribution in [0.5, 0.6) is 0 Å². The van der Waals surface area contributed by atoms with E-state index in [0.717, 1.165) is 31.5 Å². The quantitative estimate of drug-likeness (QED) is 0.374. The van der Waals surface area contributed by atoms with Gasteiger partial charge >= 0.3 is 0 Å². The zero-order chi connectivity index (χ0) is 29.9. The van der Waals surface area contributed by atoms with E-state index in [0.29, 0.717) is 47.4 Å². The number of carbonyl (C=O) groups is 1. The van der Waals surface area contributed by atoms with Crippen LogP contribution in [0.4, 0.5) is 23.0 Å². The maximum absolute atomic E-state index is 12.5. The van der Waals surface area contributed by atoms with E-state index < -0.39 is 9.84 Å². The van der Waals surface area contributed by atoms with Gasteiger partial charge in [-0.3, -0.25) is 9.78 Å². The molecule has 13 heteroatoms. The molecule has 42 heavy (non-hydrogen) atoms. The largest absolute Gasteiger partial charge is 0.379 e. The Bertz CT molecular complexity index is 1520. The minimum Gasteiger partial charge on any atom is -0.379 e. The third kappa shape index (κ3) is 7.59. The van der Waals surface area contributed by atoms with Crippen molar-refractivity contribution in [1.82, 2.24) is 15.0 Å². The fourth-order valence-corrected chi connectivity index (χ4v) is 5.66. The fraction of sp³-hybridized carbons (Fsp3) is 0.448. The predicted octanol–water partition coefficient (Wildman–Crippen LogP) is 3.56. The lowest BCUT2D eigenvalue weighted by Gasteiger charge is -2.36. The molecule has 0 saturated carbocycles. The Kier molecular flexibility index (Phi) is 9.02. The Labute approximate surface area is 245 Å². The molecule has 12 nitrogen and oxygen atoms in total. The zero-order valence-corrected chi connectivity index (χ0v) is 25.0. The summed E-state index contributed by atoms with van der Waals surface area (Å²) >= 11 is 0. The molecule has 2 saturated heterocycles. The van der Waals surface area contributed by atoms with Crippen molar-refractivity contribution in [2.45, 2.75) is 57.1 Å². The molecule has 0 radical (unpaired) electrons. The normalized spacial score (nSPS) is 20.9. The molecule has 2 aliphatic heterocycles. The first-order valence-electron chi connectivity index (χ1n) is 13.9. The average Bonchev–Trinajstić information content (AvgIpc) is 3.45. The molecule has 3 aromatic rings. The van der Waals surface area contributed by atoms with Crippen molar-refractivity contribution in [2.24, 2.45) is 0 Å². The highest BCUT2D eigenvalue weighted by atomic mass is 32.2. The van der Waals surface area contributed by atoms with E-state index in [2.05, 4.69) is 39.3 Å². The maximum Gasteiger partial charge on any atom is 0.222 e. The van der Waals surface area contributed by atoms with Gasteiger partial charge in [-0.2, -0.15) is 0 Å². The van der Waals surface area contributed by atoms with Crippen LogP contribution in [0.2, 0.25) is 0 Å². The van der Waals surface area contributed by atoms with E-state index in [-0.39, 0.29) is 35.9 Å². The van der Waals surface area contributed by atoms with E-state index in [1.54, 1.807) is 18.3 Å². The number of anilines is 4. The topological polar surface area (TPSA) is 145 Å². The van der Waals surface area contributed by atoms with Crippen molar-refractivity contribution in [1.29, 1.82) is 0 Å². The summed E-state index contributed by atoms with van der Waals surface area (Å²) in [5, 5.41) is 5.85. The van der Waals surface area contributed by atoms with Crippen LogP contribution in [0.3, 0.4) is 0 Å². The first-order valence-corrected chi connectivity index (χ1v) is 15.7. The van der Waals surface area contributed by atoms with E-state index in [1.807, 2.05) is 18.3 Å². The van der Waals surface area contributed by atoms with Crippen LogP contribution in [-0.2, 0) is 35.4 Å². The minimum atomic E-state index is -3.61. The summed E-state index contributed by atoms with van der Waals surface area (Å²) in [5.74, 6) is 0.351. The van der Waals surface area contributed by atoms with Crippen LogP contribution in [0.25, 0.3) is 11.3 Å². The third-order valence-corrected chi connectivity index (χ3v) is 7.86. The Balaban J connectivity index is 1.46. The van der Waals surface area contributed by atoms with Crippen LogP contribution >= 0.6 is 0 Å². The Morgan fingerprint density at radius 2 is 1.88 bits per heavy atom. The molecular formula is C29H36N6O6S. The van der Waals surface area contributed by atoms with Gasteiger partial charge < -0.3 is 29.7 Å². The molecule has 2 N–H and O–H groups in total. The number of aromatic nitrogens is 3. The highest BCUT2D eigenvalue weighted by Crippen LogP contribution is 2.32. The van der Waals surface area contributed by atoms with E-state index in [9.17, 15) is 13.2 Å². The molecule has 0 bridgehead atoms. The average molecular weight is 597 g/mol. The molecule has 0 aromatic carbocycles. The van der Waals surface area contributed by atoms with Gasteiger partial charge in [-0.25, -0.2) is 18.4 Å². The molecule has 224 valence electrons. The van der Waals surface area contributed by atoms with Crippen molar-refractivity contribution in [3.8, 4) is 11.3 Å². The number of amides is 1. The lowest BCUT2D eigenvalue weighted by Crippen LogP contribution is -2.45. The summed E-state index contributed by atoms with van der Waals surface area (Å²) in [7, 11) is -3.61. The van der Waals surface area contributed by atoms with Crippen molar-refractivity contribution in [2.75, 3.05) is 48.1 Å². The van der Waals surface area contributed by atoms with Gasteiger partial charge in [-0.15, -0.1) is 0 Å². The molecule has 2 fully saturated rings. The second kappa shape index (κ2) is 12.7. The SMILES string of the molecule is CC(=O)Nc1cc(Nc2cc(COC3CCOC3)cc(S(C)(=O)=O)n2)c(-c2ccc(N3CC(C)OC(C)C3)cn2)cn1. The third-order valence-electron chi connectivity index (χ3n) is 6.89. The van der Waals surface area contributed by atoms with Gasteiger partial charge in [-0.1, -0.05) is 0 Å². The van der Waals surface area contributed by atoms with Crippen LogP contribution in [-0.4, -0.2) is 80.1 Å². The van der Waals surface area contributed by atoms with Gasteiger partial charge in [0.05, 0.1) is 54.8 Å². The number of sulfone groups is 1. The highest BCUT2D eigenvalue weighted by molar-refractivity contribution is 7.90. The number of pyridine rings is 3. The number of ether oxygens (including phenoxy) is 3. The van der Waals surface area contributed by atoms with Gasteiger partial charge in [0.2, 0.25) is 5.91 Å². The lowest BCUT2D eigenvalue weighted by molar-refractivity contribution is -0.114. The molecule has 3 atom stereocenters. The van der Waals surface area contributed by atoms with Gasteiger partial charge in [0.15, 0.2) is 14.9 Å². The summed E-state index contributed by atoms with van der Waals surface area (Å²) in [6.45, 7) is 8.41. The smallest absolute Gasteiger partial charge is 0.222 e. The van der Waals surface area contributed by atoms with Crippen molar-refractivity contribution in [3.05, 3.63) is 48.3 Å². The van der Waals surface area contributed by atoms with Crippen molar-refractivity contribution >= 4 is 38.8 Å². The summed E-state index contributed by atoms with van der Waals surface area (Å²) in [6.07, 6.45) is 5.52. The van der Waals surface area contributed by atoms with Crippen LogP contribution in [0.15, 0.2) is 47.8 Å². The number of hydrogen-bond donors (Lipinski definition) is 2. The van der Waals surface area contributed by atoms with Crippen LogP contribution in [0.1, 0.15) is 32.8 Å². The molecule has 1 amide bonds. The molecule has 3 aromatic heterocycles. The Hall–Kier alpha value is -3.65. The second-order valence-corrected chi connectivity index (χ2v) is 12.7. The predicted molar refractivity (Wildman–Crippen MR) is 159 cm³/mol. The molecule has 0 spiro atoms. The number of nitrogens with one attached hydrogen (secondary N) is 2. The Morgan fingerprint density at radius 3 is 2.52 bits per heavy atom. The summed E-state index contributed by atoms with van der Waals surface area (Å²) in [5.41, 5.74) is 3.46. The molecule has 2 aliphatic rings. The minimum absolute atomic E-state index is 0.0406. The number of rotatable bonds is 9. The maximum atomic E-state index is 12.5. The first-order chi connectivity index (χ1) is 20.0. The number of nitrogens with zero attached hydrogens (tertiary/aromatic N) is 4. The molecular weight excluding hydrogens is 560 g/mol. The molecule has 5 rings (SSSR count). The second-order valence-electron chi connectivity index (χ2n) is 10.8. The van der Waals surface area contributed by atoms with Crippen LogP contribution in [0, 0.1) is 0 Å². The van der Waals surface area contributed by atoms with Gasteiger partial charge in [0.25, 0.3) is 0 Å². The van der Waals surface area contributed by atoms with Crippen LogP contribution < -0.4 is 15.5 Å². The number of hydrogen-bond acceptors (Lipinski definition) is 11. The summed E-state index contributed by atoms with van der Waals surface area (Å²) < 4.78 is 42.1. The number of morpholine rings is 1. The molecule has 3 unspecified atom stereocenters. The highest BCUT2D eigenvalue weighted by Gasteiger charge is 2.23. The van der Waals surface area contributed by atoms with Gasteiger partial charge in [0.1, 0.15) is 11.6 Å². The standard InChI is InChI=1S/C29H36N6O6S/c1-18-14-35(15-19(2)41-18)22-5-6-25(30-12-22)24-13-31-27(32-20(3)36)11-26(24)33-28-9-21(10-29(34-28)42(4,37)38)16-40-23-7-8-39-17-23/h5-6,9-13,18-19,23H,7-8,14-17H2,1-4H3,(H2,31,32,33,34,36). The Morgan fingerprint density at radius 1 is 1.10 bits per heavy atom. The van der Waals surface area contributed by atoms with Gasteiger partial charge in [-0.05, 0) is 50.1 Å². The zero-order valence-electron chi connectivity index (χ0n) is 24.2. The molecule has 0 aliphatic carbocycles. The van der Waals surface area contributed by atoms with E-state index in [4.69, 9.17) is 19.2 Å². The first kappa shape index (κ1) is 29.8. The summed E-state index contributed by atoms with van der Waals surface area (Å²) in [6, 6.07) is 8.83. The van der Waals surface area contributed by atoms with E-state index in [1.165, 1.54) is 13.0 Å². The van der Waals surface area contributed by atoms with Gasteiger partial charge in [0, 0.05) is 50.7 Å². The number of carbonyl (C=O) groups excluding carboxylic acids is 1. The lowest BCUT2D eigenvalue weighted by atomic mass is 10.1. The van der Waals surface area contributed by atoms with E-state index >= 15 is 0 Å². The van der Waals surface area contributed by atoms with Crippen molar-refractivity contribution in [3.63, 3.8) is 0 Å². The molecule has 5 heterocycles.